The van der Waals surface area contributed by atoms with Crippen molar-refractivity contribution in [3.63, 3.8) is 0 Å². The van der Waals surface area contributed by atoms with Crippen LogP contribution in [0.15, 0.2) is 4.99 Å². The van der Waals surface area contributed by atoms with Crippen LogP contribution in [0, 0.1) is 0 Å². The Morgan fingerprint density at radius 2 is 1.68 bits per heavy atom. The second-order valence-electron chi connectivity index (χ2n) is 7.89. The highest BCUT2D eigenvalue weighted by Gasteiger charge is 2.38. The van der Waals surface area contributed by atoms with Crippen molar-refractivity contribution >= 4 is 35.6 Å². The van der Waals surface area contributed by atoms with Crippen LogP contribution in [-0.4, -0.2) is 94.5 Å². The number of aliphatic carboxylic acids is 1. The minimum atomic E-state index is -1.44. The van der Waals surface area contributed by atoms with Gasteiger partial charge in [-0.05, 0) is 32.1 Å². The van der Waals surface area contributed by atoms with Crippen LogP contribution in [0.3, 0.4) is 0 Å². The Bertz CT molecular complexity index is 787. The number of hydrogen-bond donors (Lipinski definition) is 8. The molecule has 34 heavy (non-hydrogen) atoms. The smallest absolute Gasteiger partial charge is 0.326 e. The minimum absolute atomic E-state index is 0.0981. The maximum absolute atomic E-state index is 12.9. The predicted molar refractivity (Wildman–Crippen MR) is 120 cm³/mol. The first-order chi connectivity index (χ1) is 16.0. The Balaban J connectivity index is 2.81. The summed E-state index contributed by atoms with van der Waals surface area (Å²) in [4.78, 5) is 65.4. The van der Waals surface area contributed by atoms with Crippen molar-refractivity contribution in [3.05, 3.63) is 0 Å². The number of carbonyl (C=O) groups excluding carboxylic acids is 4. The number of aliphatic imine (C=N–C) groups is 1. The van der Waals surface area contributed by atoms with E-state index in [2.05, 4.69) is 15.6 Å². The van der Waals surface area contributed by atoms with E-state index < -0.39 is 60.4 Å². The first-order valence-corrected chi connectivity index (χ1v) is 10.8. The fraction of sp³-hybridized carbons (Fsp3) is 0.684. The Morgan fingerprint density at radius 3 is 2.24 bits per heavy atom. The molecule has 0 aromatic carbocycles. The van der Waals surface area contributed by atoms with E-state index in [1.165, 1.54) is 0 Å². The molecule has 0 bridgehead atoms. The Kier molecular flexibility index (Phi) is 11.7. The van der Waals surface area contributed by atoms with Gasteiger partial charge in [0.25, 0.3) is 0 Å². The van der Waals surface area contributed by atoms with Gasteiger partial charge in [-0.1, -0.05) is 0 Å². The standard InChI is InChI=1S/C19H34N8O7/c20-10(3-1-7-24-19(22)23)15(30)26-12(9-28)16(31)25-11(5-6-14(21)29)17(32)27-8-2-4-13(27)18(33)34/h10-13,28H,1-9,20H2,(H2,21,29)(H,25,31)(H,26,30)(H,33,34)(H4,22,23,24). The summed E-state index contributed by atoms with van der Waals surface area (Å²) in [7, 11) is 0. The average Bonchev–Trinajstić information content (AvgIpc) is 3.26. The average molecular weight is 487 g/mol. The number of nitrogens with zero attached hydrogens (tertiary/aromatic N) is 2. The molecule has 1 fully saturated rings. The molecule has 0 spiro atoms. The van der Waals surface area contributed by atoms with Crippen LogP contribution in [0.5, 0.6) is 0 Å². The number of primary amides is 1. The number of nitrogens with one attached hydrogen (secondary N) is 2. The van der Waals surface area contributed by atoms with Crippen LogP contribution < -0.4 is 33.6 Å². The molecule has 12 N–H and O–H groups in total. The molecule has 192 valence electrons. The first kappa shape index (κ1) is 28.6. The number of aliphatic hydroxyl groups excluding tert-OH is 1. The molecule has 1 heterocycles. The van der Waals surface area contributed by atoms with Crippen LogP contribution in [0.2, 0.25) is 0 Å². The summed E-state index contributed by atoms with van der Waals surface area (Å²) in [5, 5.41) is 23.6. The van der Waals surface area contributed by atoms with Gasteiger partial charge in [-0.25, -0.2) is 4.79 Å². The highest BCUT2D eigenvalue weighted by Crippen LogP contribution is 2.19. The topological polar surface area (TPSA) is 270 Å². The summed E-state index contributed by atoms with van der Waals surface area (Å²) in [6.45, 7) is -0.366. The zero-order valence-electron chi connectivity index (χ0n) is 18.8. The Labute approximate surface area is 196 Å². The number of carboxylic acid groups (broad SMARTS) is 1. The molecule has 4 atom stereocenters. The zero-order chi connectivity index (χ0) is 25.8. The molecule has 4 unspecified atom stereocenters. The SMILES string of the molecule is NC(=O)CCC(NC(=O)C(CO)NC(=O)C(N)CCCN=C(N)N)C(=O)N1CCCC1C(=O)O. The summed E-state index contributed by atoms with van der Waals surface area (Å²) in [6, 6.07) is -4.77. The van der Waals surface area contributed by atoms with Crippen molar-refractivity contribution in [3.8, 4) is 0 Å². The highest BCUT2D eigenvalue weighted by atomic mass is 16.4. The molecule has 4 amide bonds. The lowest BCUT2D eigenvalue weighted by Crippen LogP contribution is -2.58. The molecule has 1 aliphatic heterocycles. The molecule has 15 heteroatoms. The lowest BCUT2D eigenvalue weighted by atomic mass is 10.1. The third-order valence-electron chi connectivity index (χ3n) is 5.23. The molecule has 0 radical (unpaired) electrons. The van der Waals surface area contributed by atoms with Gasteiger partial charge in [-0.3, -0.25) is 24.2 Å². The van der Waals surface area contributed by atoms with Crippen molar-refractivity contribution in [2.24, 2.45) is 27.9 Å². The fourth-order valence-electron chi connectivity index (χ4n) is 3.43. The molecule has 1 rings (SSSR count). The van der Waals surface area contributed by atoms with E-state index in [1.807, 2.05) is 0 Å². The second-order valence-corrected chi connectivity index (χ2v) is 7.89. The van der Waals surface area contributed by atoms with Gasteiger partial charge in [-0.2, -0.15) is 0 Å². The van der Waals surface area contributed by atoms with Crippen molar-refractivity contribution in [2.45, 2.75) is 62.7 Å². The molecule has 15 nitrogen and oxygen atoms in total. The zero-order valence-corrected chi connectivity index (χ0v) is 18.8. The van der Waals surface area contributed by atoms with E-state index in [0.29, 0.717) is 12.8 Å². The van der Waals surface area contributed by atoms with E-state index in [1.54, 1.807) is 0 Å². The number of guanidine groups is 1. The van der Waals surface area contributed by atoms with E-state index in [4.69, 9.17) is 22.9 Å². The van der Waals surface area contributed by atoms with E-state index in [-0.39, 0.29) is 44.7 Å². The van der Waals surface area contributed by atoms with Gasteiger partial charge in [0.05, 0.1) is 12.6 Å². The van der Waals surface area contributed by atoms with Gasteiger partial charge in [0, 0.05) is 19.5 Å². The van der Waals surface area contributed by atoms with Crippen LogP contribution in [0.25, 0.3) is 0 Å². The third kappa shape index (κ3) is 9.19. The second kappa shape index (κ2) is 13.9. The summed E-state index contributed by atoms with van der Waals surface area (Å²) in [6.07, 6.45) is 0.891. The minimum Gasteiger partial charge on any atom is -0.480 e. The number of amides is 4. The maximum atomic E-state index is 12.9. The fourth-order valence-corrected chi connectivity index (χ4v) is 3.43. The molecule has 0 saturated carbocycles. The monoisotopic (exact) mass is 486 g/mol. The summed E-state index contributed by atoms with van der Waals surface area (Å²) in [5.74, 6) is -4.32. The predicted octanol–water partition coefficient (Wildman–Crippen LogP) is -4.33. The lowest BCUT2D eigenvalue weighted by Gasteiger charge is -2.28. The first-order valence-electron chi connectivity index (χ1n) is 10.8. The largest absolute Gasteiger partial charge is 0.480 e. The highest BCUT2D eigenvalue weighted by molar-refractivity contribution is 5.94. The third-order valence-corrected chi connectivity index (χ3v) is 5.23. The number of carbonyl (C=O) groups is 5. The summed E-state index contributed by atoms with van der Waals surface area (Å²) >= 11 is 0. The van der Waals surface area contributed by atoms with Gasteiger partial charge in [0.15, 0.2) is 5.96 Å². The number of carboxylic acids is 1. The molecule has 0 aromatic heterocycles. The quantitative estimate of drug-likeness (QED) is 0.0664. The van der Waals surface area contributed by atoms with Crippen molar-refractivity contribution < 1.29 is 34.2 Å². The van der Waals surface area contributed by atoms with Crippen molar-refractivity contribution in [1.29, 1.82) is 0 Å². The van der Waals surface area contributed by atoms with Gasteiger partial charge < -0.3 is 48.7 Å². The number of nitrogens with two attached hydrogens (primary N) is 4. The van der Waals surface area contributed by atoms with Gasteiger partial charge in [0.1, 0.15) is 18.1 Å². The number of aliphatic hydroxyl groups is 1. The maximum Gasteiger partial charge on any atom is 0.326 e. The lowest BCUT2D eigenvalue weighted by molar-refractivity contribution is -0.149. The van der Waals surface area contributed by atoms with Crippen LogP contribution in [0.4, 0.5) is 0 Å². The van der Waals surface area contributed by atoms with Gasteiger partial charge in [-0.15, -0.1) is 0 Å². The molecule has 1 aliphatic rings. The van der Waals surface area contributed by atoms with Gasteiger partial charge in [0.2, 0.25) is 23.6 Å². The Morgan fingerprint density at radius 1 is 1.03 bits per heavy atom. The Hall–Kier alpha value is -3.46. The van der Waals surface area contributed by atoms with Gasteiger partial charge >= 0.3 is 5.97 Å². The van der Waals surface area contributed by atoms with Crippen LogP contribution >= 0.6 is 0 Å². The number of likely N-dealkylation sites (tertiary alicyclic amines) is 1. The van der Waals surface area contributed by atoms with E-state index in [9.17, 15) is 34.2 Å². The summed E-state index contributed by atoms with van der Waals surface area (Å²) in [5.41, 5.74) is 21.4. The van der Waals surface area contributed by atoms with Crippen molar-refractivity contribution in [2.75, 3.05) is 19.7 Å². The number of rotatable bonds is 14. The normalized spacial score (nSPS) is 17.8. The molecule has 0 aromatic rings. The molecule has 1 saturated heterocycles. The van der Waals surface area contributed by atoms with Crippen molar-refractivity contribution in [1.82, 2.24) is 15.5 Å². The molecule has 0 aliphatic carbocycles. The van der Waals surface area contributed by atoms with Crippen LogP contribution in [0.1, 0.15) is 38.5 Å². The molecular formula is C19H34N8O7. The number of hydrogen-bond acceptors (Lipinski definition) is 8. The van der Waals surface area contributed by atoms with E-state index in [0.717, 1.165) is 4.90 Å². The van der Waals surface area contributed by atoms with E-state index >= 15 is 0 Å². The summed E-state index contributed by atoms with van der Waals surface area (Å²) < 4.78 is 0. The molecular weight excluding hydrogens is 452 g/mol. The van der Waals surface area contributed by atoms with Crippen LogP contribution in [-0.2, 0) is 24.0 Å².